The lowest BCUT2D eigenvalue weighted by Crippen LogP contribution is -1.99. The first-order chi connectivity index (χ1) is 6.76. The number of anilines is 1. The van der Waals surface area contributed by atoms with Gasteiger partial charge in [-0.3, -0.25) is 0 Å². The SMILES string of the molecule is CC#CCNc1cc(F)cc(C#N)c1. The maximum Gasteiger partial charge on any atom is 0.126 e. The molecule has 0 atom stereocenters. The van der Waals surface area contributed by atoms with Crippen molar-refractivity contribution in [2.24, 2.45) is 0 Å². The zero-order valence-electron chi connectivity index (χ0n) is 7.76. The van der Waals surface area contributed by atoms with Crippen LogP contribution in [-0.2, 0) is 0 Å². The van der Waals surface area contributed by atoms with E-state index < -0.39 is 5.82 Å². The van der Waals surface area contributed by atoms with E-state index in [1.165, 1.54) is 12.1 Å². The third-order valence-electron chi connectivity index (χ3n) is 1.58. The molecule has 1 aromatic carbocycles. The maximum atomic E-state index is 12.9. The molecule has 0 aromatic heterocycles. The van der Waals surface area contributed by atoms with E-state index in [0.29, 0.717) is 17.8 Å². The van der Waals surface area contributed by atoms with Gasteiger partial charge in [0.15, 0.2) is 0 Å². The Morgan fingerprint density at radius 1 is 1.43 bits per heavy atom. The number of nitriles is 1. The molecule has 0 spiro atoms. The van der Waals surface area contributed by atoms with Crippen LogP contribution in [0.3, 0.4) is 0 Å². The molecule has 1 rings (SSSR count). The fourth-order valence-corrected chi connectivity index (χ4v) is 0.991. The molecular formula is C11H9FN2. The van der Waals surface area contributed by atoms with Gasteiger partial charge in [-0.25, -0.2) is 4.39 Å². The maximum absolute atomic E-state index is 12.9. The Hall–Kier alpha value is -2.00. The Kier molecular flexibility index (Phi) is 3.52. The fraction of sp³-hybridized carbons (Fsp3) is 0.182. The van der Waals surface area contributed by atoms with Crippen LogP contribution in [0.4, 0.5) is 10.1 Å². The molecule has 1 aromatic rings. The molecule has 14 heavy (non-hydrogen) atoms. The second kappa shape index (κ2) is 4.89. The summed E-state index contributed by atoms with van der Waals surface area (Å²) >= 11 is 0. The van der Waals surface area contributed by atoms with Gasteiger partial charge in [-0.1, -0.05) is 5.92 Å². The molecule has 0 saturated heterocycles. The summed E-state index contributed by atoms with van der Waals surface area (Å²) in [7, 11) is 0. The minimum atomic E-state index is -0.420. The van der Waals surface area contributed by atoms with Crippen molar-refractivity contribution in [2.45, 2.75) is 6.92 Å². The molecule has 0 saturated carbocycles. The average molecular weight is 188 g/mol. The normalized spacial score (nSPS) is 8.36. The largest absolute Gasteiger partial charge is 0.374 e. The molecule has 0 fully saturated rings. The Morgan fingerprint density at radius 3 is 2.86 bits per heavy atom. The summed E-state index contributed by atoms with van der Waals surface area (Å²) in [5, 5.41) is 11.5. The molecule has 3 heteroatoms. The highest BCUT2D eigenvalue weighted by Crippen LogP contribution is 2.12. The van der Waals surface area contributed by atoms with Crippen LogP contribution in [0.25, 0.3) is 0 Å². The van der Waals surface area contributed by atoms with Crippen LogP contribution in [0.15, 0.2) is 18.2 Å². The molecule has 0 amide bonds. The van der Waals surface area contributed by atoms with E-state index in [-0.39, 0.29) is 0 Å². The number of hydrogen-bond donors (Lipinski definition) is 1. The van der Waals surface area contributed by atoms with Gasteiger partial charge < -0.3 is 5.32 Å². The van der Waals surface area contributed by atoms with E-state index in [4.69, 9.17) is 5.26 Å². The van der Waals surface area contributed by atoms with E-state index in [9.17, 15) is 4.39 Å². The van der Waals surface area contributed by atoms with Gasteiger partial charge in [0.05, 0.1) is 18.2 Å². The van der Waals surface area contributed by atoms with Gasteiger partial charge in [-0.15, -0.1) is 5.92 Å². The second-order valence-corrected chi connectivity index (χ2v) is 2.62. The van der Waals surface area contributed by atoms with Crippen LogP contribution < -0.4 is 5.32 Å². The van der Waals surface area contributed by atoms with Crippen molar-refractivity contribution in [3.05, 3.63) is 29.6 Å². The summed E-state index contributed by atoms with van der Waals surface area (Å²) in [4.78, 5) is 0. The van der Waals surface area contributed by atoms with Crippen molar-refractivity contribution in [1.82, 2.24) is 0 Å². The summed E-state index contributed by atoms with van der Waals surface area (Å²) in [6, 6.07) is 5.99. The molecular weight excluding hydrogens is 179 g/mol. The molecule has 0 aliphatic heterocycles. The van der Waals surface area contributed by atoms with Crippen LogP contribution in [0.5, 0.6) is 0 Å². The number of benzene rings is 1. The van der Waals surface area contributed by atoms with Gasteiger partial charge in [0.25, 0.3) is 0 Å². The predicted molar refractivity (Wildman–Crippen MR) is 53.1 cm³/mol. The molecule has 0 unspecified atom stereocenters. The van der Waals surface area contributed by atoms with E-state index in [1.807, 2.05) is 6.07 Å². The number of rotatable bonds is 2. The Balaban J connectivity index is 2.81. The monoisotopic (exact) mass is 188 g/mol. The molecule has 0 radical (unpaired) electrons. The number of nitrogens with one attached hydrogen (secondary N) is 1. The van der Waals surface area contributed by atoms with Gasteiger partial charge in [-0.05, 0) is 25.1 Å². The van der Waals surface area contributed by atoms with E-state index in [2.05, 4.69) is 17.2 Å². The van der Waals surface area contributed by atoms with Crippen molar-refractivity contribution in [2.75, 3.05) is 11.9 Å². The van der Waals surface area contributed by atoms with Crippen LogP contribution in [0.2, 0.25) is 0 Å². The number of nitrogens with zero attached hydrogens (tertiary/aromatic N) is 1. The van der Waals surface area contributed by atoms with E-state index in [0.717, 1.165) is 0 Å². The highest BCUT2D eigenvalue weighted by atomic mass is 19.1. The number of hydrogen-bond acceptors (Lipinski definition) is 2. The highest BCUT2D eigenvalue weighted by molar-refractivity contribution is 5.50. The quantitative estimate of drug-likeness (QED) is 0.722. The van der Waals surface area contributed by atoms with Gasteiger partial charge in [0, 0.05) is 5.69 Å². The average Bonchev–Trinajstić information content (AvgIpc) is 2.17. The van der Waals surface area contributed by atoms with Crippen molar-refractivity contribution >= 4 is 5.69 Å². The van der Waals surface area contributed by atoms with Crippen LogP contribution in [0.1, 0.15) is 12.5 Å². The summed E-state index contributed by atoms with van der Waals surface area (Å²) in [5.74, 6) is 5.08. The smallest absolute Gasteiger partial charge is 0.126 e. The molecule has 2 nitrogen and oxygen atoms in total. The third-order valence-corrected chi connectivity index (χ3v) is 1.58. The van der Waals surface area contributed by atoms with Gasteiger partial charge in [0.2, 0.25) is 0 Å². The lowest BCUT2D eigenvalue weighted by molar-refractivity contribution is 0.628. The van der Waals surface area contributed by atoms with Gasteiger partial charge in [-0.2, -0.15) is 5.26 Å². The number of halogens is 1. The van der Waals surface area contributed by atoms with Crippen molar-refractivity contribution < 1.29 is 4.39 Å². The van der Waals surface area contributed by atoms with Crippen molar-refractivity contribution in [1.29, 1.82) is 5.26 Å². The third kappa shape index (κ3) is 2.80. The standard InChI is InChI=1S/C11H9FN2/c1-2-3-4-14-11-6-9(8-13)5-10(12)7-11/h5-7,14H,4H2,1H3. The van der Waals surface area contributed by atoms with Gasteiger partial charge >= 0.3 is 0 Å². The molecule has 70 valence electrons. The Bertz CT molecular complexity index is 421. The molecule has 0 bridgehead atoms. The molecule has 0 aliphatic rings. The Morgan fingerprint density at radius 2 is 2.21 bits per heavy atom. The fourth-order valence-electron chi connectivity index (χ4n) is 0.991. The first-order valence-corrected chi connectivity index (χ1v) is 4.10. The lowest BCUT2D eigenvalue weighted by Gasteiger charge is -2.02. The van der Waals surface area contributed by atoms with E-state index in [1.54, 1.807) is 13.0 Å². The molecule has 1 N–H and O–H groups in total. The first kappa shape index (κ1) is 10.1. The lowest BCUT2D eigenvalue weighted by atomic mass is 10.2. The summed E-state index contributed by atoms with van der Waals surface area (Å²) < 4.78 is 12.9. The summed E-state index contributed by atoms with van der Waals surface area (Å²) in [6.07, 6.45) is 0. The van der Waals surface area contributed by atoms with Gasteiger partial charge in [0.1, 0.15) is 5.82 Å². The minimum absolute atomic E-state index is 0.303. The highest BCUT2D eigenvalue weighted by Gasteiger charge is 1.98. The first-order valence-electron chi connectivity index (χ1n) is 4.10. The predicted octanol–water partition coefficient (Wildman–Crippen LogP) is 2.13. The zero-order chi connectivity index (χ0) is 10.4. The zero-order valence-corrected chi connectivity index (χ0v) is 7.76. The molecule has 0 aliphatic carbocycles. The topological polar surface area (TPSA) is 35.8 Å². The van der Waals surface area contributed by atoms with Crippen LogP contribution in [0, 0.1) is 29.0 Å². The molecule has 0 heterocycles. The Labute approximate surface area is 82.4 Å². The van der Waals surface area contributed by atoms with E-state index >= 15 is 0 Å². The summed E-state index contributed by atoms with van der Waals surface area (Å²) in [5.41, 5.74) is 0.876. The second-order valence-electron chi connectivity index (χ2n) is 2.62. The van der Waals surface area contributed by atoms with Crippen LogP contribution >= 0.6 is 0 Å². The van der Waals surface area contributed by atoms with Crippen molar-refractivity contribution in [3.63, 3.8) is 0 Å². The van der Waals surface area contributed by atoms with Crippen LogP contribution in [-0.4, -0.2) is 6.54 Å². The van der Waals surface area contributed by atoms with Crippen molar-refractivity contribution in [3.8, 4) is 17.9 Å². The summed E-state index contributed by atoms with van der Waals surface area (Å²) in [6.45, 7) is 2.18. The minimum Gasteiger partial charge on any atom is -0.374 e.